The lowest BCUT2D eigenvalue weighted by Gasteiger charge is -2.27. The van der Waals surface area contributed by atoms with Crippen LogP contribution in [0.3, 0.4) is 0 Å². The summed E-state index contributed by atoms with van der Waals surface area (Å²) in [6, 6.07) is 17.2. The number of nitriles is 1. The lowest BCUT2D eigenvalue weighted by molar-refractivity contribution is 0.478. The molecular weight excluding hydrogens is 316 g/mol. The Morgan fingerprint density at radius 1 is 1.25 bits per heavy atom. The molecule has 0 saturated carbocycles. The molecule has 0 aliphatic carbocycles. The number of hydrogen-bond acceptors (Lipinski definition) is 4. The molecule has 1 unspecified atom stereocenters. The lowest BCUT2D eigenvalue weighted by atomic mass is 9.97. The average Bonchev–Trinajstić information content (AvgIpc) is 2.76. The van der Waals surface area contributed by atoms with Crippen molar-refractivity contribution in [3.8, 4) is 6.19 Å². The third kappa shape index (κ3) is 3.39. The number of aliphatic imine (C=N–C) groups is 1. The summed E-state index contributed by atoms with van der Waals surface area (Å²) in [7, 11) is 1.98. The Kier molecular flexibility index (Phi) is 5.07. The van der Waals surface area contributed by atoms with E-state index in [0.29, 0.717) is 0 Å². The first-order valence-electron chi connectivity index (χ1n) is 7.87. The topological polar surface area (TPSA) is 51.4 Å². The van der Waals surface area contributed by atoms with E-state index >= 15 is 0 Å². The normalized spacial score (nSPS) is 16.2. The molecule has 5 heteroatoms. The zero-order chi connectivity index (χ0) is 16.9. The van der Waals surface area contributed by atoms with E-state index in [2.05, 4.69) is 58.8 Å². The van der Waals surface area contributed by atoms with Crippen LogP contribution in [0.2, 0.25) is 0 Å². The van der Waals surface area contributed by atoms with Crippen molar-refractivity contribution in [1.82, 2.24) is 4.90 Å². The summed E-state index contributed by atoms with van der Waals surface area (Å²) < 4.78 is 0. The fraction of sp³-hybridized carbons (Fsp3) is 0.263. The first-order valence-corrected chi connectivity index (χ1v) is 9.09. The Hall–Kier alpha value is -2.45. The first kappa shape index (κ1) is 16.4. The number of anilines is 1. The Balaban J connectivity index is 1.95. The van der Waals surface area contributed by atoms with Crippen LogP contribution in [-0.2, 0) is 6.42 Å². The molecule has 1 atom stereocenters. The van der Waals surface area contributed by atoms with Crippen LogP contribution in [0.1, 0.15) is 22.7 Å². The SMILES string of the molecule is CSC(=NC#N)N(C)CC1Nc2ccccc2Cc2ccccc21. The summed E-state index contributed by atoms with van der Waals surface area (Å²) in [5.41, 5.74) is 5.13. The van der Waals surface area contributed by atoms with E-state index in [1.54, 1.807) is 0 Å². The van der Waals surface area contributed by atoms with Crippen LogP contribution >= 0.6 is 11.8 Å². The van der Waals surface area contributed by atoms with Gasteiger partial charge in [0.15, 0.2) is 5.17 Å². The molecule has 0 bridgehead atoms. The van der Waals surface area contributed by atoms with Crippen LogP contribution in [0.25, 0.3) is 0 Å². The second-order valence-electron chi connectivity index (χ2n) is 5.81. The number of benzene rings is 2. The van der Waals surface area contributed by atoms with E-state index in [1.165, 1.54) is 34.1 Å². The van der Waals surface area contributed by atoms with Crippen LogP contribution in [0.5, 0.6) is 0 Å². The fourth-order valence-electron chi connectivity index (χ4n) is 3.15. The molecule has 1 N–H and O–H groups in total. The van der Waals surface area contributed by atoms with E-state index in [9.17, 15) is 0 Å². The van der Waals surface area contributed by atoms with E-state index in [1.807, 2.05) is 24.4 Å². The minimum absolute atomic E-state index is 0.144. The zero-order valence-electron chi connectivity index (χ0n) is 13.9. The monoisotopic (exact) mass is 336 g/mol. The Bertz CT molecular complexity index is 794. The highest BCUT2D eigenvalue weighted by atomic mass is 32.2. The number of amidine groups is 1. The number of para-hydroxylation sites is 1. The maximum atomic E-state index is 8.86. The number of hydrogen-bond donors (Lipinski definition) is 1. The smallest absolute Gasteiger partial charge is 0.208 e. The highest BCUT2D eigenvalue weighted by molar-refractivity contribution is 8.13. The van der Waals surface area contributed by atoms with Crippen molar-refractivity contribution >= 4 is 22.6 Å². The molecule has 3 rings (SSSR count). The van der Waals surface area contributed by atoms with Crippen molar-refractivity contribution in [1.29, 1.82) is 5.26 Å². The minimum atomic E-state index is 0.144. The summed E-state index contributed by atoms with van der Waals surface area (Å²) >= 11 is 1.49. The third-order valence-electron chi connectivity index (χ3n) is 4.27. The second-order valence-corrected chi connectivity index (χ2v) is 6.58. The summed E-state index contributed by atoms with van der Waals surface area (Å²) in [6.45, 7) is 0.743. The molecule has 4 nitrogen and oxygen atoms in total. The lowest BCUT2D eigenvalue weighted by Crippen LogP contribution is -2.32. The van der Waals surface area contributed by atoms with Crippen molar-refractivity contribution < 1.29 is 0 Å². The van der Waals surface area contributed by atoms with Gasteiger partial charge in [-0.15, -0.1) is 4.99 Å². The predicted molar refractivity (Wildman–Crippen MR) is 101 cm³/mol. The quantitative estimate of drug-likeness (QED) is 0.514. The molecule has 1 aliphatic heterocycles. The molecule has 2 aromatic carbocycles. The minimum Gasteiger partial charge on any atom is -0.376 e. The fourth-order valence-corrected chi connectivity index (χ4v) is 3.66. The van der Waals surface area contributed by atoms with Crippen molar-refractivity contribution in [2.75, 3.05) is 25.2 Å². The van der Waals surface area contributed by atoms with E-state index in [-0.39, 0.29) is 6.04 Å². The largest absolute Gasteiger partial charge is 0.376 e. The molecule has 1 aliphatic rings. The van der Waals surface area contributed by atoms with Crippen LogP contribution in [0.15, 0.2) is 53.5 Å². The van der Waals surface area contributed by atoms with Crippen LogP contribution in [0.4, 0.5) is 5.69 Å². The molecule has 1 heterocycles. The van der Waals surface area contributed by atoms with Crippen molar-refractivity contribution in [3.05, 3.63) is 65.2 Å². The third-order valence-corrected chi connectivity index (χ3v) is 5.04. The van der Waals surface area contributed by atoms with Gasteiger partial charge in [-0.05, 0) is 35.4 Å². The van der Waals surface area contributed by atoms with Gasteiger partial charge in [0.1, 0.15) is 0 Å². The summed E-state index contributed by atoms with van der Waals surface area (Å²) in [5.74, 6) is 0. The van der Waals surface area contributed by atoms with Gasteiger partial charge >= 0.3 is 0 Å². The molecular formula is C19H20N4S. The number of fused-ring (bicyclic) bond motifs is 2. The van der Waals surface area contributed by atoms with Crippen LogP contribution < -0.4 is 5.32 Å². The first-order chi connectivity index (χ1) is 11.7. The van der Waals surface area contributed by atoms with Crippen molar-refractivity contribution in [3.63, 3.8) is 0 Å². The molecule has 0 aromatic heterocycles. The number of nitrogens with zero attached hydrogens (tertiary/aromatic N) is 3. The van der Waals surface area contributed by atoms with Gasteiger partial charge in [0.25, 0.3) is 0 Å². The number of likely N-dealkylation sites (N-methyl/N-ethyl adjacent to an activating group) is 1. The van der Waals surface area contributed by atoms with Gasteiger partial charge < -0.3 is 10.2 Å². The average molecular weight is 336 g/mol. The second kappa shape index (κ2) is 7.41. The summed E-state index contributed by atoms with van der Waals surface area (Å²) in [5, 5.41) is 13.3. The van der Waals surface area contributed by atoms with Gasteiger partial charge in [-0.1, -0.05) is 54.2 Å². The molecule has 0 amide bonds. The van der Waals surface area contributed by atoms with E-state index in [4.69, 9.17) is 5.26 Å². The Morgan fingerprint density at radius 2 is 1.96 bits per heavy atom. The number of rotatable bonds is 2. The molecule has 122 valence electrons. The van der Waals surface area contributed by atoms with Crippen molar-refractivity contribution in [2.45, 2.75) is 12.5 Å². The van der Waals surface area contributed by atoms with Crippen molar-refractivity contribution in [2.24, 2.45) is 4.99 Å². The van der Waals surface area contributed by atoms with E-state index in [0.717, 1.165) is 18.1 Å². The summed E-state index contributed by atoms with van der Waals surface area (Å²) in [6.07, 6.45) is 4.76. The van der Waals surface area contributed by atoms with Gasteiger partial charge in [0.05, 0.1) is 6.04 Å². The predicted octanol–water partition coefficient (Wildman–Crippen LogP) is 3.88. The van der Waals surface area contributed by atoms with Gasteiger partial charge in [0, 0.05) is 19.3 Å². The Labute approximate surface area is 147 Å². The number of nitrogens with one attached hydrogen (secondary N) is 1. The van der Waals surface area contributed by atoms with Gasteiger partial charge in [-0.3, -0.25) is 0 Å². The zero-order valence-corrected chi connectivity index (χ0v) is 14.7. The van der Waals surface area contributed by atoms with E-state index < -0.39 is 0 Å². The number of thioether (sulfide) groups is 1. The molecule has 0 spiro atoms. The van der Waals surface area contributed by atoms with Gasteiger partial charge in [0.2, 0.25) is 6.19 Å². The summed E-state index contributed by atoms with van der Waals surface area (Å²) in [4.78, 5) is 5.95. The maximum Gasteiger partial charge on any atom is 0.208 e. The molecule has 0 radical (unpaired) electrons. The molecule has 0 fully saturated rings. The van der Waals surface area contributed by atoms with Gasteiger partial charge in [-0.25, -0.2) is 0 Å². The molecule has 24 heavy (non-hydrogen) atoms. The highest BCUT2D eigenvalue weighted by Gasteiger charge is 2.23. The molecule has 2 aromatic rings. The molecule has 0 saturated heterocycles. The highest BCUT2D eigenvalue weighted by Crippen LogP contribution is 2.32. The van der Waals surface area contributed by atoms with Gasteiger partial charge in [-0.2, -0.15) is 5.26 Å². The maximum absolute atomic E-state index is 8.86. The Morgan fingerprint density at radius 3 is 2.71 bits per heavy atom. The van der Waals surface area contributed by atoms with Crippen LogP contribution in [0, 0.1) is 11.5 Å². The van der Waals surface area contributed by atoms with Crippen LogP contribution in [-0.4, -0.2) is 29.9 Å². The standard InChI is InChI=1S/C19H20N4S/c1-23(19(24-2)21-13-20)12-18-16-9-5-3-7-14(16)11-15-8-4-6-10-17(15)22-18/h3-10,18,22H,11-12H2,1-2H3.